The number of anilines is 1. The number of nitrogens with two attached hydrogens (primary N) is 1. The molecule has 144 valence electrons. The maximum Gasteiger partial charge on any atom is 0.217 e. The molecule has 0 spiro atoms. The summed E-state index contributed by atoms with van der Waals surface area (Å²) in [6.45, 7) is 11.5. The quantitative estimate of drug-likeness (QED) is 0.844. The molecule has 6 heteroatoms. The van der Waals surface area contributed by atoms with Crippen molar-refractivity contribution in [3.8, 4) is 0 Å². The van der Waals surface area contributed by atoms with Crippen LogP contribution in [0.15, 0.2) is 6.07 Å². The van der Waals surface area contributed by atoms with E-state index in [0.717, 1.165) is 50.8 Å². The molecule has 0 atom stereocenters. The molecule has 1 aliphatic carbocycles. The van der Waals surface area contributed by atoms with Crippen LogP contribution in [0.5, 0.6) is 0 Å². The Morgan fingerprint density at radius 3 is 2.42 bits per heavy atom. The second-order valence-electron chi connectivity index (χ2n) is 8.75. The van der Waals surface area contributed by atoms with Crippen LogP contribution in [0.3, 0.4) is 0 Å². The molecule has 1 aromatic heterocycles. The molecule has 1 saturated carbocycles. The normalized spacial score (nSPS) is 19.4. The molecular formula is C20H33N5O. The van der Waals surface area contributed by atoms with Crippen molar-refractivity contribution in [3.63, 3.8) is 0 Å². The van der Waals surface area contributed by atoms with Crippen LogP contribution >= 0.6 is 0 Å². The Hall–Kier alpha value is -1.69. The van der Waals surface area contributed by atoms with Crippen LogP contribution in [0.1, 0.15) is 70.3 Å². The molecule has 2 heterocycles. The summed E-state index contributed by atoms with van der Waals surface area (Å²) in [5, 5.41) is 0. The summed E-state index contributed by atoms with van der Waals surface area (Å²) in [6.07, 6.45) is 5.16. The van der Waals surface area contributed by atoms with Gasteiger partial charge < -0.3 is 10.6 Å². The molecule has 2 fully saturated rings. The zero-order valence-electron chi connectivity index (χ0n) is 16.5. The SMILES string of the molecule is CC(C)(C)c1nc(C2CCC2)cc(N2CCN(CCCC(N)=O)CC2)n1. The lowest BCUT2D eigenvalue weighted by atomic mass is 9.82. The van der Waals surface area contributed by atoms with Crippen molar-refractivity contribution in [2.24, 2.45) is 5.73 Å². The second kappa shape index (κ2) is 7.91. The van der Waals surface area contributed by atoms with E-state index in [-0.39, 0.29) is 11.3 Å². The van der Waals surface area contributed by atoms with Crippen LogP contribution in [0.2, 0.25) is 0 Å². The number of rotatable bonds is 6. The van der Waals surface area contributed by atoms with Gasteiger partial charge in [0.2, 0.25) is 5.91 Å². The number of carbonyl (C=O) groups excluding carboxylic acids is 1. The minimum Gasteiger partial charge on any atom is -0.370 e. The third-order valence-electron chi connectivity index (χ3n) is 5.52. The first-order chi connectivity index (χ1) is 12.3. The highest BCUT2D eigenvalue weighted by molar-refractivity contribution is 5.73. The number of hydrogen-bond donors (Lipinski definition) is 1. The Morgan fingerprint density at radius 1 is 1.19 bits per heavy atom. The average Bonchev–Trinajstić information content (AvgIpc) is 2.52. The van der Waals surface area contributed by atoms with Gasteiger partial charge in [0.25, 0.3) is 0 Å². The van der Waals surface area contributed by atoms with Gasteiger partial charge >= 0.3 is 0 Å². The fourth-order valence-electron chi connectivity index (χ4n) is 3.54. The molecule has 26 heavy (non-hydrogen) atoms. The molecule has 2 aliphatic rings. The third-order valence-corrected chi connectivity index (χ3v) is 5.52. The smallest absolute Gasteiger partial charge is 0.217 e. The molecule has 1 saturated heterocycles. The Bertz CT molecular complexity index is 628. The predicted octanol–water partition coefficient (Wildman–Crippen LogP) is 2.43. The maximum atomic E-state index is 10.9. The minimum atomic E-state index is -0.206. The van der Waals surface area contributed by atoms with Crippen molar-refractivity contribution in [2.45, 2.75) is 64.2 Å². The van der Waals surface area contributed by atoms with Gasteiger partial charge in [-0.3, -0.25) is 9.69 Å². The molecule has 1 aliphatic heterocycles. The van der Waals surface area contributed by atoms with E-state index in [1.165, 1.54) is 25.0 Å². The Labute approximate surface area is 157 Å². The van der Waals surface area contributed by atoms with E-state index in [0.29, 0.717) is 12.3 Å². The van der Waals surface area contributed by atoms with Crippen molar-refractivity contribution in [1.82, 2.24) is 14.9 Å². The maximum absolute atomic E-state index is 10.9. The summed E-state index contributed by atoms with van der Waals surface area (Å²) in [6, 6.07) is 2.22. The lowest BCUT2D eigenvalue weighted by molar-refractivity contribution is -0.118. The van der Waals surface area contributed by atoms with Crippen LogP contribution in [0.4, 0.5) is 5.82 Å². The Balaban J connectivity index is 1.66. The van der Waals surface area contributed by atoms with E-state index in [1.807, 2.05) is 0 Å². The zero-order valence-corrected chi connectivity index (χ0v) is 16.5. The van der Waals surface area contributed by atoms with Gasteiger partial charge in [0.1, 0.15) is 11.6 Å². The topological polar surface area (TPSA) is 75.3 Å². The summed E-state index contributed by atoms with van der Waals surface area (Å²) in [5.74, 6) is 2.46. The number of piperazine rings is 1. The van der Waals surface area contributed by atoms with E-state index in [9.17, 15) is 4.79 Å². The fraction of sp³-hybridized carbons (Fsp3) is 0.750. The Kier molecular flexibility index (Phi) is 5.80. The van der Waals surface area contributed by atoms with E-state index in [2.05, 4.69) is 36.6 Å². The number of nitrogens with zero attached hydrogens (tertiary/aromatic N) is 4. The molecule has 0 unspecified atom stereocenters. The zero-order chi connectivity index (χ0) is 18.7. The molecule has 6 nitrogen and oxygen atoms in total. The summed E-state index contributed by atoms with van der Waals surface area (Å²) in [5.41, 5.74) is 6.43. The van der Waals surface area contributed by atoms with Crippen LogP contribution in [0.25, 0.3) is 0 Å². The van der Waals surface area contributed by atoms with E-state index >= 15 is 0 Å². The number of carbonyl (C=O) groups is 1. The van der Waals surface area contributed by atoms with Crippen LogP contribution in [-0.2, 0) is 10.2 Å². The van der Waals surface area contributed by atoms with Crippen LogP contribution in [-0.4, -0.2) is 53.5 Å². The highest BCUT2D eigenvalue weighted by Crippen LogP contribution is 2.37. The van der Waals surface area contributed by atoms with Crippen LogP contribution < -0.4 is 10.6 Å². The van der Waals surface area contributed by atoms with Gasteiger partial charge in [-0.2, -0.15) is 0 Å². The van der Waals surface area contributed by atoms with Crippen molar-refractivity contribution in [3.05, 3.63) is 17.6 Å². The van der Waals surface area contributed by atoms with Gasteiger partial charge in [0, 0.05) is 55.7 Å². The highest BCUT2D eigenvalue weighted by atomic mass is 16.1. The molecule has 0 bridgehead atoms. The second-order valence-corrected chi connectivity index (χ2v) is 8.75. The van der Waals surface area contributed by atoms with Gasteiger partial charge in [-0.1, -0.05) is 27.2 Å². The van der Waals surface area contributed by atoms with Crippen molar-refractivity contribution in [1.29, 1.82) is 0 Å². The monoisotopic (exact) mass is 359 g/mol. The lowest BCUT2D eigenvalue weighted by Gasteiger charge is -2.36. The van der Waals surface area contributed by atoms with E-state index in [1.54, 1.807) is 0 Å². The van der Waals surface area contributed by atoms with E-state index in [4.69, 9.17) is 15.7 Å². The van der Waals surface area contributed by atoms with Gasteiger partial charge in [0.05, 0.1) is 0 Å². The first-order valence-electron chi connectivity index (χ1n) is 9.98. The average molecular weight is 360 g/mol. The lowest BCUT2D eigenvalue weighted by Crippen LogP contribution is -2.47. The van der Waals surface area contributed by atoms with Crippen molar-refractivity contribution in [2.75, 3.05) is 37.6 Å². The van der Waals surface area contributed by atoms with Gasteiger partial charge in [-0.15, -0.1) is 0 Å². The van der Waals surface area contributed by atoms with Crippen molar-refractivity contribution >= 4 is 11.7 Å². The van der Waals surface area contributed by atoms with Crippen molar-refractivity contribution < 1.29 is 4.79 Å². The number of primary amides is 1. The molecule has 0 aromatic carbocycles. The molecule has 1 aromatic rings. The summed E-state index contributed by atoms with van der Waals surface area (Å²) in [7, 11) is 0. The van der Waals surface area contributed by atoms with Gasteiger partial charge in [-0.25, -0.2) is 9.97 Å². The third kappa shape index (κ3) is 4.72. The molecule has 1 amide bonds. The highest BCUT2D eigenvalue weighted by Gasteiger charge is 2.27. The summed E-state index contributed by atoms with van der Waals surface area (Å²) in [4.78, 5) is 25.5. The predicted molar refractivity (Wildman–Crippen MR) is 104 cm³/mol. The Morgan fingerprint density at radius 2 is 1.88 bits per heavy atom. The first kappa shape index (κ1) is 19.1. The molecular weight excluding hydrogens is 326 g/mol. The standard InChI is InChI=1S/C20H33N5O/c1-20(2,3)19-22-16(15-6-4-7-15)14-18(23-19)25-12-10-24(11-13-25)9-5-8-17(21)26/h14-15H,4-13H2,1-3H3,(H2,21,26). The van der Waals surface area contributed by atoms with Gasteiger partial charge in [-0.05, 0) is 25.8 Å². The number of aromatic nitrogens is 2. The largest absolute Gasteiger partial charge is 0.370 e. The van der Waals surface area contributed by atoms with Gasteiger partial charge in [0.15, 0.2) is 0 Å². The number of hydrogen-bond acceptors (Lipinski definition) is 5. The molecule has 2 N–H and O–H groups in total. The minimum absolute atomic E-state index is 0.0366. The van der Waals surface area contributed by atoms with E-state index < -0.39 is 0 Å². The summed E-state index contributed by atoms with van der Waals surface area (Å²) >= 11 is 0. The number of amides is 1. The fourth-order valence-corrected chi connectivity index (χ4v) is 3.54. The first-order valence-corrected chi connectivity index (χ1v) is 9.98. The van der Waals surface area contributed by atoms with Crippen LogP contribution in [0, 0.1) is 0 Å². The summed E-state index contributed by atoms with van der Waals surface area (Å²) < 4.78 is 0. The molecule has 3 rings (SSSR count). The molecule has 0 radical (unpaired) electrons.